The minimum absolute atomic E-state index is 0.00424. The number of nitrogens with one attached hydrogen (secondary N) is 1. The van der Waals surface area contributed by atoms with Gasteiger partial charge in [-0.3, -0.25) is 10.1 Å². The van der Waals surface area contributed by atoms with E-state index in [1.807, 2.05) is 6.92 Å². The normalized spacial score (nSPS) is 11.8. The van der Waals surface area contributed by atoms with Gasteiger partial charge < -0.3 is 5.32 Å². The van der Waals surface area contributed by atoms with Gasteiger partial charge in [0.05, 0.1) is 9.95 Å². The van der Waals surface area contributed by atoms with E-state index in [9.17, 15) is 10.1 Å². The number of nitrogens with zero attached hydrogens (tertiary/aromatic N) is 1. The first kappa shape index (κ1) is 13.5. The molecule has 0 saturated heterocycles. The van der Waals surface area contributed by atoms with E-state index >= 15 is 0 Å². The smallest absolute Gasteiger partial charge is 0.270 e. The fourth-order valence-electron chi connectivity index (χ4n) is 1.33. The Hall–Kier alpha value is -1.57. The average molecular weight is 253 g/mol. The first-order chi connectivity index (χ1) is 8.04. The van der Waals surface area contributed by atoms with Gasteiger partial charge in [-0.15, -0.1) is 12.3 Å². The zero-order valence-electron chi connectivity index (χ0n) is 9.44. The third-order valence-electron chi connectivity index (χ3n) is 2.31. The van der Waals surface area contributed by atoms with Crippen molar-refractivity contribution in [2.45, 2.75) is 25.9 Å². The molecule has 1 rings (SSSR count). The molecular formula is C12H13ClN2O2. The van der Waals surface area contributed by atoms with Crippen molar-refractivity contribution in [2.75, 3.05) is 0 Å². The monoisotopic (exact) mass is 252 g/mol. The molecule has 1 N–H and O–H groups in total. The van der Waals surface area contributed by atoms with E-state index in [1.54, 1.807) is 6.07 Å². The van der Waals surface area contributed by atoms with E-state index in [0.717, 1.165) is 5.56 Å². The van der Waals surface area contributed by atoms with E-state index in [4.69, 9.17) is 18.0 Å². The molecule has 17 heavy (non-hydrogen) atoms. The predicted octanol–water partition coefficient (Wildman–Crippen LogP) is 2.75. The number of hydrogen-bond donors (Lipinski definition) is 1. The lowest BCUT2D eigenvalue weighted by Gasteiger charge is -2.11. The Morgan fingerprint density at radius 2 is 2.35 bits per heavy atom. The molecule has 0 radical (unpaired) electrons. The molecule has 0 heterocycles. The summed E-state index contributed by atoms with van der Waals surface area (Å²) < 4.78 is 0. The Kier molecular flexibility index (Phi) is 4.95. The summed E-state index contributed by atoms with van der Waals surface area (Å²) >= 11 is 5.95. The van der Waals surface area contributed by atoms with Crippen molar-refractivity contribution in [3.8, 4) is 12.3 Å². The molecule has 1 aromatic carbocycles. The van der Waals surface area contributed by atoms with E-state index in [-0.39, 0.29) is 11.7 Å². The van der Waals surface area contributed by atoms with Crippen LogP contribution in [-0.2, 0) is 6.54 Å². The maximum absolute atomic E-state index is 10.5. The number of non-ortho nitro benzene ring substituents is 1. The summed E-state index contributed by atoms with van der Waals surface area (Å²) in [4.78, 5) is 10.1. The Bertz CT molecular complexity index is 454. The van der Waals surface area contributed by atoms with Gasteiger partial charge in [0.1, 0.15) is 0 Å². The minimum Gasteiger partial charge on any atom is -0.309 e. The summed E-state index contributed by atoms with van der Waals surface area (Å²) in [6, 6.07) is 4.63. The van der Waals surface area contributed by atoms with Crippen LogP contribution in [0.3, 0.4) is 0 Å². The zero-order valence-corrected chi connectivity index (χ0v) is 10.2. The van der Waals surface area contributed by atoms with Crippen LogP contribution in [0.15, 0.2) is 18.2 Å². The van der Waals surface area contributed by atoms with Crippen LogP contribution in [-0.4, -0.2) is 11.0 Å². The molecule has 0 fully saturated rings. The number of benzene rings is 1. The summed E-state index contributed by atoms with van der Waals surface area (Å²) in [6.45, 7) is 2.51. The van der Waals surface area contributed by atoms with Crippen molar-refractivity contribution < 1.29 is 4.92 Å². The SMILES string of the molecule is C#CCC(C)NCc1ccc([N+](=O)[O-])cc1Cl. The minimum atomic E-state index is -0.468. The first-order valence-corrected chi connectivity index (χ1v) is 5.52. The van der Waals surface area contributed by atoms with E-state index in [1.165, 1.54) is 12.1 Å². The number of rotatable bonds is 5. The molecule has 1 atom stereocenters. The van der Waals surface area contributed by atoms with Crippen LogP contribution in [0.1, 0.15) is 18.9 Å². The van der Waals surface area contributed by atoms with Crippen molar-refractivity contribution in [1.29, 1.82) is 0 Å². The standard InChI is InChI=1S/C12H13ClN2O2/c1-3-4-9(2)14-8-10-5-6-11(15(16)17)7-12(10)13/h1,5-7,9,14H,4,8H2,2H3. The molecule has 0 saturated carbocycles. The van der Waals surface area contributed by atoms with Crippen LogP contribution < -0.4 is 5.32 Å². The van der Waals surface area contributed by atoms with Crippen LogP contribution in [0.4, 0.5) is 5.69 Å². The molecule has 1 aromatic rings. The summed E-state index contributed by atoms with van der Waals surface area (Å²) in [5, 5.41) is 14.1. The number of halogens is 1. The van der Waals surface area contributed by atoms with Gasteiger partial charge in [-0.25, -0.2) is 0 Å². The molecule has 0 bridgehead atoms. The highest BCUT2D eigenvalue weighted by Crippen LogP contribution is 2.22. The Morgan fingerprint density at radius 3 is 2.88 bits per heavy atom. The summed E-state index contributed by atoms with van der Waals surface area (Å²) in [5.41, 5.74) is 0.816. The van der Waals surface area contributed by atoms with E-state index < -0.39 is 4.92 Å². The topological polar surface area (TPSA) is 55.2 Å². The molecule has 0 aliphatic heterocycles. The first-order valence-electron chi connectivity index (χ1n) is 5.14. The highest BCUT2D eigenvalue weighted by atomic mass is 35.5. The lowest BCUT2D eigenvalue weighted by atomic mass is 10.2. The van der Waals surface area contributed by atoms with Gasteiger partial charge in [0, 0.05) is 31.1 Å². The van der Waals surface area contributed by atoms with Crippen molar-refractivity contribution >= 4 is 17.3 Å². The lowest BCUT2D eigenvalue weighted by molar-refractivity contribution is -0.384. The van der Waals surface area contributed by atoms with Gasteiger partial charge in [-0.05, 0) is 18.6 Å². The molecule has 0 aromatic heterocycles. The van der Waals surface area contributed by atoms with Gasteiger partial charge in [0.2, 0.25) is 0 Å². The fraction of sp³-hybridized carbons (Fsp3) is 0.333. The molecule has 5 heteroatoms. The summed E-state index contributed by atoms with van der Waals surface area (Å²) in [5.74, 6) is 2.56. The van der Waals surface area contributed by atoms with Crippen molar-refractivity contribution in [3.63, 3.8) is 0 Å². The molecule has 1 unspecified atom stereocenters. The Labute approximate surface area is 105 Å². The number of nitro benzene ring substituents is 1. The van der Waals surface area contributed by atoms with Gasteiger partial charge >= 0.3 is 0 Å². The second kappa shape index (κ2) is 6.24. The highest BCUT2D eigenvalue weighted by Gasteiger charge is 2.09. The van der Waals surface area contributed by atoms with Gasteiger partial charge in [0.15, 0.2) is 0 Å². The molecule has 90 valence electrons. The second-order valence-corrected chi connectivity index (χ2v) is 4.13. The van der Waals surface area contributed by atoms with Gasteiger partial charge in [0.25, 0.3) is 5.69 Å². The van der Waals surface area contributed by atoms with Crippen LogP contribution >= 0.6 is 11.6 Å². The van der Waals surface area contributed by atoms with E-state index in [0.29, 0.717) is 18.0 Å². The Morgan fingerprint density at radius 1 is 1.65 bits per heavy atom. The molecule has 0 aliphatic rings. The van der Waals surface area contributed by atoms with Crippen LogP contribution in [0.5, 0.6) is 0 Å². The van der Waals surface area contributed by atoms with Crippen molar-refractivity contribution in [1.82, 2.24) is 5.32 Å². The molecule has 4 nitrogen and oxygen atoms in total. The van der Waals surface area contributed by atoms with Crippen LogP contribution in [0, 0.1) is 22.5 Å². The molecule has 0 aliphatic carbocycles. The third-order valence-corrected chi connectivity index (χ3v) is 2.66. The van der Waals surface area contributed by atoms with Crippen molar-refractivity contribution in [3.05, 3.63) is 38.9 Å². The van der Waals surface area contributed by atoms with E-state index in [2.05, 4.69) is 11.2 Å². The predicted molar refractivity (Wildman–Crippen MR) is 67.9 cm³/mol. The highest BCUT2D eigenvalue weighted by molar-refractivity contribution is 6.31. The van der Waals surface area contributed by atoms with Gasteiger partial charge in [-0.1, -0.05) is 11.6 Å². The number of hydrogen-bond acceptors (Lipinski definition) is 3. The summed E-state index contributed by atoms with van der Waals surface area (Å²) in [6.07, 6.45) is 5.82. The molecule has 0 amide bonds. The quantitative estimate of drug-likeness (QED) is 0.498. The number of nitro groups is 1. The third kappa shape index (κ3) is 4.06. The number of terminal acetylenes is 1. The van der Waals surface area contributed by atoms with Crippen molar-refractivity contribution in [2.24, 2.45) is 0 Å². The van der Waals surface area contributed by atoms with Gasteiger partial charge in [-0.2, -0.15) is 0 Å². The zero-order chi connectivity index (χ0) is 12.8. The fourth-order valence-corrected chi connectivity index (χ4v) is 1.57. The summed E-state index contributed by atoms with van der Waals surface area (Å²) in [7, 11) is 0. The maximum Gasteiger partial charge on any atom is 0.270 e. The lowest BCUT2D eigenvalue weighted by Crippen LogP contribution is -2.24. The second-order valence-electron chi connectivity index (χ2n) is 3.72. The Balaban J connectivity index is 2.67. The maximum atomic E-state index is 10.5. The average Bonchev–Trinajstić information content (AvgIpc) is 2.27. The molecule has 0 spiro atoms. The van der Waals surface area contributed by atoms with Crippen LogP contribution in [0.25, 0.3) is 0 Å². The molecular weight excluding hydrogens is 240 g/mol. The van der Waals surface area contributed by atoms with Crippen LogP contribution in [0.2, 0.25) is 5.02 Å². The largest absolute Gasteiger partial charge is 0.309 e.